The largest absolute Gasteiger partial charge is 0.490 e. The van der Waals surface area contributed by atoms with Crippen LogP contribution >= 0.6 is 0 Å². The summed E-state index contributed by atoms with van der Waals surface area (Å²) in [6.45, 7) is 14.7. The van der Waals surface area contributed by atoms with Crippen LogP contribution in [-0.4, -0.2) is 70.6 Å². The summed E-state index contributed by atoms with van der Waals surface area (Å²) in [5.74, 6) is -0.953. The summed E-state index contributed by atoms with van der Waals surface area (Å²) in [5, 5.41) is 36.7. The van der Waals surface area contributed by atoms with Gasteiger partial charge in [0.15, 0.2) is 0 Å². The van der Waals surface area contributed by atoms with E-state index in [0.717, 1.165) is 53.2 Å². The van der Waals surface area contributed by atoms with E-state index in [9.17, 15) is 15.5 Å². The van der Waals surface area contributed by atoms with Crippen LogP contribution in [0.3, 0.4) is 0 Å². The van der Waals surface area contributed by atoms with E-state index >= 15 is 4.79 Å². The Balaban J connectivity index is 1.52. The van der Waals surface area contributed by atoms with Crippen LogP contribution < -0.4 is 9.47 Å². The Hall–Kier alpha value is -5.73. The molecule has 10 heteroatoms. The summed E-state index contributed by atoms with van der Waals surface area (Å²) in [5.41, 5.74) is 3.85. The number of aliphatic hydroxyl groups excluding tert-OH is 2. The van der Waals surface area contributed by atoms with Gasteiger partial charge < -0.3 is 34.2 Å². The Kier molecular flexibility index (Phi) is 14.5. The molecule has 1 heterocycles. The van der Waals surface area contributed by atoms with Crippen molar-refractivity contribution in [2.45, 2.75) is 95.6 Å². The van der Waals surface area contributed by atoms with E-state index in [-0.39, 0.29) is 56.4 Å². The number of amides is 1. The lowest BCUT2D eigenvalue weighted by Crippen LogP contribution is -2.70. The first-order chi connectivity index (χ1) is 30.5. The van der Waals surface area contributed by atoms with Gasteiger partial charge in [-0.15, -0.1) is 6.58 Å². The Labute approximate surface area is 372 Å². The topological polar surface area (TPSA) is 134 Å². The molecule has 0 spiro atoms. The molecule has 2 N–H and O–H groups in total. The Morgan fingerprint density at radius 3 is 2.40 bits per heavy atom. The smallest absolute Gasteiger partial charge is 0.254 e. The number of aliphatic hydroxyl groups is 2. The number of ether oxygens (including phenoxy) is 3. The minimum absolute atomic E-state index is 0.0530. The lowest BCUT2D eigenvalue weighted by molar-refractivity contribution is -0.255. The first kappa shape index (κ1) is 45.3. The van der Waals surface area contributed by atoms with Gasteiger partial charge in [0.05, 0.1) is 29.9 Å². The molecule has 1 saturated carbocycles. The van der Waals surface area contributed by atoms with Crippen LogP contribution in [0.1, 0.15) is 98.7 Å². The second-order valence-corrected chi connectivity index (χ2v) is 17.8. The van der Waals surface area contributed by atoms with Crippen LogP contribution in [-0.2, 0) is 16.1 Å². The number of nitriles is 1. The van der Waals surface area contributed by atoms with Crippen molar-refractivity contribution in [3.63, 3.8) is 0 Å². The molecule has 1 fully saturated rings. The molecular weight excluding hydrogens is 791 g/mol. The predicted molar refractivity (Wildman–Crippen MR) is 246 cm³/mol. The van der Waals surface area contributed by atoms with Crippen LogP contribution in [0.25, 0.3) is 10.8 Å². The molecule has 330 valence electrons. The molecule has 0 aromatic heterocycles. The summed E-state index contributed by atoms with van der Waals surface area (Å²) in [6.07, 6.45) is 10.6. The summed E-state index contributed by atoms with van der Waals surface area (Å²) in [7, 11) is 0. The highest BCUT2D eigenvalue weighted by atomic mass is 16.7. The van der Waals surface area contributed by atoms with Crippen molar-refractivity contribution in [1.82, 2.24) is 4.90 Å². The highest BCUT2D eigenvalue weighted by molar-refractivity contribution is 6.03. The third kappa shape index (κ3) is 9.77. The molecule has 3 aliphatic rings. The number of hydrogen-bond donors (Lipinski definition) is 2. The average Bonchev–Trinajstić information content (AvgIpc) is 3.29. The zero-order valence-electron chi connectivity index (χ0n) is 36.9. The van der Waals surface area contributed by atoms with Crippen molar-refractivity contribution >= 4 is 22.4 Å². The lowest BCUT2D eigenvalue weighted by Gasteiger charge is -2.60. The van der Waals surface area contributed by atoms with Crippen molar-refractivity contribution in [3.05, 3.63) is 144 Å². The zero-order valence-corrected chi connectivity index (χ0v) is 36.9. The van der Waals surface area contributed by atoms with E-state index in [1.165, 1.54) is 0 Å². The fourth-order valence-corrected chi connectivity index (χ4v) is 9.88. The minimum Gasteiger partial charge on any atom is -0.490 e. The molecule has 4 aromatic carbocycles. The molecule has 0 unspecified atom stereocenters. The number of oxime groups is 1. The van der Waals surface area contributed by atoms with Gasteiger partial charge in [0.25, 0.3) is 5.91 Å². The normalized spacial score (nSPS) is 23.1. The summed E-state index contributed by atoms with van der Waals surface area (Å²) in [6, 6.07) is 28.4. The molecule has 10 nitrogen and oxygen atoms in total. The van der Waals surface area contributed by atoms with E-state index in [2.05, 4.69) is 55.6 Å². The Morgan fingerprint density at radius 2 is 1.68 bits per heavy atom. The average molecular weight is 852 g/mol. The molecule has 1 aliphatic heterocycles. The Bertz CT molecular complexity index is 2350. The highest BCUT2D eigenvalue weighted by Gasteiger charge is 2.65. The van der Waals surface area contributed by atoms with Crippen LogP contribution in [0.4, 0.5) is 0 Å². The lowest BCUT2D eigenvalue weighted by atomic mass is 9.55. The van der Waals surface area contributed by atoms with E-state index in [1.807, 2.05) is 56.0 Å². The van der Waals surface area contributed by atoms with Gasteiger partial charge >= 0.3 is 0 Å². The van der Waals surface area contributed by atoms with Crippen LogP contribution in [0.5, 0.6) is 11.5 Å². The quantitative estimate of drug-likeness (QED) is 0.0541. The summed E-state index contributed by atoms with van der Waals surface area (Å²) >= 11 is 0. The number of allylic oxidation sites excluding steroid dienone is 1. The maximum absolute atomic E-state index is 15.5. The summed E-state index contributed by atoms with van der Waals surface area (Å²) < 4.78 is 20.9. The molecule has 2 aliphatic carbocycles. The SMILES string of the molecule is C=CCOc1ccc2c(c1)[C@H]1[C@H](CCCCO)[C@@H](CCCCO)C=C3C(=NOC(C)(C)C)C[C@H](N(Cc4cccc5ccccc45)C(=O)c4ccc(C#N)cc4)[C@@](OCC=C)(O2)[C@H]31. The second kappa shape index (κ2) is 20.2. The number of nitrogens with zero attached hydrogens (tertiary/aromatic N) is 3. The van der Waals surface area contributed by atoms with Gasteiger partial charge in [0, 0.05) is 43.2 Å². The van der Waals surface area contributed by atoms with Gasteiger partial charge in [0.2, 0.25) is 5.79 Å². The molecule has 7 rings (SSSR count). The fourth-order valence-electron chi connectivity index (χ4n) is 9.88. The van der Waals surface area contributed by atoms with E-state index < -0.39 is 23.3 Å². The van der Waals surface area contributed by atoms with E-state index in [4.69, 9.17) is 24.2 Å². The number of hydrogen-bond acceptors (Lipinski definition) is 9. The number of carbonyl (C=O) groups is 1. The third-order valence-corrected chi connectivity index (χ3v) is 12.6. The van der Waals surface area contributed by atoms with Crippen LogP contribution in [0.15, 0.2) is 127 Å². The first-order valence-corrected chi connectivity index (χ1v) is 22.3. The molecular formula is C53H61N3O7. The fraction of sp³-hybridized carbons (Fsp3) is 0.415. The van der Waals surface area contributed by atoms with Gasteiger partial charge in [-0.05, 0) is 123 Å². The van der Waals surface area contributed by atoms with Gasteiger partial charge in [-0.1, -0.05) is 85.3 Å². The number of benzene rings is 4. The van der Waals surface area contributed by atoms with Gasteiger partial charge in [-0.2, -0.15) is 5.26 Å². The standard InChI is InChI=1S/C53H61N3O7/c1-6-29-60-41-25-26-47-45(32-41)49-43(20-11-13-28-58)39(16-10-12-27-57)31-44-46(55-63-52(3,4)5)33-48(53(62-47,50(44)49)61-30-7-2)56(51(59)38-23-21-36(34-54)22-24-38)35-40-18-14-17-37-15-8-9-19-42(37)40/h6-9,14-15,17-19,21-26,31-32,39,43,48-50,57-58H,1-2,10-13,16,20,27-30,33,35H2,3-5H3/t39-,43+,48-,49+,50+,53+/m0/s1. The van der Waals surface area contributed by atoms with Crippen molar-refractivity contribution in [1.29, 1.82) is 5.26 Å². The molecule has 1 amide bonds. The molecule has 63 heavy (non-hydrogen) atoms. The summed E-state index contributed by atoms with van der Waals surface area (Å²) in [4.78, 5) is 23.7. The second-order valence-electron chi connectivity index (χ2n) is 17.8. The molecule has 6 atom stereocenters. The van der Waals surface area contributed by atoms with Crippen LogP contribution in [0, 0.1) is 29.1 Å². The van der Waals surface area contributed by atoms with Crippen molar-refractivity contribution in [2.24, 2.45) is 22.9 Å². The van der Waals surface area contributed by atoms with Crippen LogP contribution in [0.2, 0.25) is 0 Å². The maximum Gasteiger partial charge on any atom is 0.254 e. The van der Waals surface area contributed by atoms with Gasteiger partial charge in [0.1, 0.15) is 29.7 Å². The van der Waals surface area contributed by atoms with E-state index in [1.54, 1.807) is 36.4 Å². The molecule has 0 saturated heterocycles. The van der Waals surface area contributed by atoms with E-state index in [0.29, 0.717) is 47.8 Å². The maximum atomic E-state index is 15.5. The van der Waals surface area contributed by atoms with Crippen molar-refractivity contribution in [2.75, 3.05) is 26.4 Å². The molecule has 0 radical (unpaired) electrons. The molecule has 0 bridgehead atoms. The number of carbonyl (C=O) groups excluding carboxylic acids is 1. The predicted octanol–water partition coefficient (Wildman–Crippen LogP) is 10.1. The number of rotatable bonds is 19. The van der Waals surface area contributed by atoms with Crippen molar-refractivity contribution in [3.8, 4) is 17.6 Å². The minimum atomic E-state index is -1.46. The highest BCUT2D eigenvalue weighted by Crippen LogP contribution is 2.62. The van der Waals surface area contributed by atoms with Gasteiger partial charge in [-0.25, -0.2) is 0 Å². The van der Waals surface area contributed by atoms with Gasteiger partial charge in [-0.3, -0.25) is 4.79 Å². The third-order valence-electron chi connectivity index (χ3n) is 12.6. The zero-order chi connectivity index (χ0) is 44.6. The first-order valence-electron chi connectivity index (χ1n) is 22.3. The number of unbranched alkanes of at least 4 members (excludes halogenated alkanes) is 2. The Morgan fingerprint density at radius 1 is 0.952 bits per heavy atom. The monoisotopic (exact) mass is 851 g/mol. The molecule has 4 aromatic rings. The van der Waals surface area contributed by atoms with Crippen molar-refractivity contribution < 1.29 is 34.1 Å². The number of fused-ring (bicyclic) bond motifs is 3.